The van der Waals surface area contributed by atoms with Gasteiger partial charge in [0, 0.05) is 30.7 Å². The lowest BCUT2D eigenvalue weighted by Crippen LogP contribution is -2.26. The first-order valence-electron chi connectivity index (χ1n) is 10.9. The predicted octanol–water partition coefficient (Wildman–Crippen LogP) is 4.35. The van der Waals surface area contributed by atoms with Gasteiger partial charge in [0.05, 0.1) is 23.1 Å². The highest BCUT2D eigenvalue weighted by Gasteiger charge is 2.22. The molecule has 4 aromatic rings. The molecule has 0 fully saturated rings. The summed E-state index contributed by atoms with van der Waals surface area (Å²) < 4.78 is 15.8. The lowest BCUT2D eigenvalue weighted by Gasteiger charge is -2.12. The number of hydrogen-bond acceptors (Lipinski definition) is 5. The monoisotopic (exact) mass is 444 g/mol. The number of pyridine rings is 1. The van der Waals surface area contributed by atoms with Gasteiger partial charge in [-0.15, -0.1) is 0 Å². The molecular formula is C25H25FN6O. The number of aromatic nitrogens is 5. The van der Waals surface area contributed by atoms with E-state index in [0.29, 0.717) is 29.1 Å². The first-order valence-corrected chi connectivity index (χ1v) is 10.9. The number of carbonyl (C=O) groups excluding carboxylic acids is 1. The van der Waals surface area contributed by atoms with Gasteiger partial charge in [-0.05, 0) is 54.7 Å². The zero-order valence-corrected chi connectivity index (χ0v) is 18.6. The number of benzene rings is 1. The Balaban J connectivity index is 1.53. The Hall–Kier alpha value is -3.94. The number of halogens is 1. The molecule has 0 atom stereocenters. The molecule has 0 radical (unpaired) electrons. The van der Waals surface area contributed by atoms with Crippen LogP contribution in [-0.2, 0) is 6.42 Å². The van der Waals surface area contributed by atoms with Crippen molar-refractivity contribution in [3.8, 4) is 17.2 Å². The molecule has 0 spiro atoms. The van der Waals surface area contributed by atoms with E-state index in [-0.39, 0.29) is 23.6 Å². The van der Waals surface area contributed by atoms with E-state index in [2.05, 4.69) is 25.4 Å². The van der Waals surface area contributed by atoms with E-state index in [1.807, 2.05) is 26.0 Å². The minimum absolute atomic E-state index is 0.00853. The van der Waals surface area contributed by atoms with Gasteiger partial charge in [0.1, 0.15) is 5.82 Å². The molecule has 168 valence electrons. The van der Waals surface area contributed by atoms with Gasteiger partial charge in [-0.2, -0.15) is 5.10 Å². The zero-order chi connectivity index (χ0) is 23.2. The van der Waals surface area contributed by atoms with Crippen LogP contribution in [0.1, 0.15) is 47.8 Å². The van der Waals surface area contributed by atoms with Crippen LogP contribution in [0, 0.1) is 5.82 Å². The van der Waals surface area contributed by atoms with E-state index in [4.69, 9.17) is 0 Å². The van der Waals surface area contributed by atoms with E-state index in [9.17, 15) is 9.18 Å². The highest BCUT2D eigenvalue weighted by molar-refractivity contribution is 5.95. The second kappa shape index (κ2) is 10.1. The molecule has 1 amide bonds. The van der Waals surface area contributed by atoms with Crippen molar-refractivity contribution in [2.75, 3.05) is 6.54 Å². The molecule has 8 heteroatoms. The van der Waals surface area contributed by atoms with E-state index in [1.54, 1.807) is 47.5 Å². The summed E-state index contributed by atoms with van der Waals surface area (Å²) in [5, 5.41) is 7.37. The second-order valence-electron chi connectivity index (χ2n) is 7.95. The van der Waals surface area contributed by atoms with Gasteiger partial charge < -0.3 is 5.32 Å². The van der Waals surface area contributed by atoms with Crippen LogP contribution in [0.5, 0.6) is 0 Å². The Morgan fingerprint density at radius 1 is 1.09 bits per heavy atom. The molecule has 3 heterocycles. The fraction of sp³-hybridized carbons (Fsp3) is 0.240. The average Bonchev–Trinajstić information content (AvgIpc) is 3.29. The summed E-state index contributed by atoms with van der Waals surface area (Å²) in [7, 11) is 0. The number of aryl methyl sites for hydroxylation is 1. The SMILES string of the molecule is CC(C)c1c(C(=O)NCCCc2ccncc2)cnn1-c1nccc(-c2ccccc2F)n1. The molecule has 7 nitrogen and oxygen atoms in total. The molecule has 1 N–H and O–H groups in total. The third kappa shape index (κ3) is 5.11. The standard InChI is InChI=1S/C25H25FN6O/c1-17(2)23-20(24(33)28-12-5-6-18-9-13-27-14-10-18)16-30-32(23)25-29-15-11-22(31-25)19-7-3-4-8-21(19)26/h3-4,7-11,13-17H,5-6,12H2,1-2H3,(H,28,33). The summed E-state index contributed by atoms with van der Waals surface area (Å²) in [6, 6.07) is 12.0. The van der Waals surface area contributed by atoms with Crippen LogP contribution in [0.15, 0.2) is 67.3 Å². The van der Waals surface area contributed by atoms with Crippen molar-refractivity contribution in [2.24, 2.45) is 0 Å². The number of hydrogen-bond donors (Lipinski definition) is 1. The highest BCUT2D eigenvalue weighted by atomic mass is 19.1. The topological polar surface area (TPSA) is 85.6 Å². The maximum absolute atomic E-state index is 14.2. The Morgan fingerprint density at radius 3 is 2.64 bits per heavy atom. The summed E-state index contributed by atoms with van der Waals surface area (Å²) in [6.07, 6.45) is 8.30. The van der Waals surface area contributed by atoms with Crippen molar-refractivity contribution < 1.29 is 9.18 Å². The lowest BCUT2D eigenvalue weighted by molar-refractivity contribution is 0.0952. The second-order valence-corrected chi connectivity index (χ2v) is 7.95. The molecule has 0 aliphatic rings. The molecule has 0 saturated heterocycles. The summed E-state index contributed by atoms with van der Waals surface area (Å²) >= 11 is 0. The van der Waals surface area contributed by atoms with E-state index >= 15 is 0 Å². The summed E-state index contributed by atoms with van der Waals surface area (Å²) in [5.41, 5.74) is 3.19. The Bertz CT molecular complexity index is 1240. The minimum atomic E-state index is -0.362. The van der Waals surface area contributed by atoms with Crippen molar-refractivity contribution in [1.29, 1.82) is 0 Å². The van der Waals surface area contributed by atoms with Crippen molar-refractivity contribution in [3.63, 3.8) is 0 Å². The minimum Gasteiger partial charge on any atom is -0.352 e. The molecule has 4 rings (SSSR count). The van der Waals surface area contributed by atoms with Gasteiger partial charge >= 0.3 is 0 Å². The smallest absolute Gasteiger partial charge is 0.254 e. The van der Waals surface area contributed by atoms with Crippen LogP contribution >= 0.6 is 0 Å². The Labute approximate surface area is 191 Å². The van der Waals surface area contributed by atoms with E-state index in [0.717, 1.165) is 12.8 Å². The van der Waals surface area contributed by atoms with Crippen LogP contribution < -0.4 is 5.32 Å². The molecule has 0 unspecified atom stereocenters. The van der Waals surface area contributed by atoms with Gasteiger partial charge in [0.15, 0.2) is 0 Å². The first-order chi connectivity index (χ1) is 16.0. The van der Waals surface area contributed by atoms with E-state index < -0.39 is 0 Å². The number of nitrogens with one attached hydrogen (secondary N) is 1. The van der Waals surface area contributed by atoms with Crippen molar-refractivity contribution in [3.05, 3.63) is 89.9 Å². The normalized spacial score (nSPS) is 11.0. The van der Waals surface area contributed by atoms with Crippen molar-refractivity contribution in [2.45, 2.75) is 32.6 Å². The van der Waals surface area contributed by atoms with Crippen LogP contribution in [0.2, 0.25) is 0 Å². The van der Waals surface area contributed by atoms with Gasteiger partial charge in [0.2, 0.25) is 0 Å². The van der Waals surface area contributed by atoms with Crippen molar-refractivity contribution >= 4 is 5.91 Å². The maximum Gasteiger partial charge on any atom is 0.254 e. The summed E-state index contributed by atoms with van der Waals surface area (Å²) in [5.74, 6) is -0.273. The summed E-state index contributed by atoms with van der Waals surface area (Å²) in [4.78, 5) is 25.7. The van der Waals surface area contributed by atoms with E-state index in [1.165, 1.54) is 17.8 Å². The summed E-state index contributed by atoms with van der Waals surface area (Å²) in [6.45, 7) is 4.51. The van der Waals surface area contributed by atoms with Crippen LogP contribution in [0.25, 0.3) is 17.2 Å². The fourth-order valence-electron chi connectivity index (χ4n) is 3.66. The average molecular weight is 445 g/mol. The van der Waals surface area contributed by atoms with Gasteiger partial charge in [0.25, 0.3) is 11.9 Å². The predicted molar refractivity (Wildman–Crippen MR) is 124 cm³/mol. The van der Waals surface area contributed by atoms with Gasteiger partial charge in [-0.3, -0.25) is 9.78 Å². The number of nitrogens with zero attached hydrogens (tertiary/aromatic N) is 5. The van der Waals surface area contributed by atoms with Gasteiger partial charge in [-0.25, -0.2) is 19.0 Å². The molecule has 0 saturated carbocycles. The Kier molecular flexibility index (Phi) is 6.83. The molecule has 0 bridgehead atoms. The Morgan fingerprint density at radius 2 is 1.88 bits per heavy atom. The highest BCUT2D eigenvalue weighted by Crippen LogP contribution is 2.24. The molecule has 33 heavy (non-hydrogen) atoms. The third-order valence-corrected chi connectivity index (χ3v) is 5.26. The number of carbonyl (C=O) groups is 1. The quantitative estimate of drug-likeness (QED) is 0.409. The molecule has 0 aliphatic carbocycles. The molecule has 0 aliphatic heterocycles. The third-order valence-electron chi connectivity index (χ3n) is 5.26. The van der Waals surface area contributed by atoms with Crippen LogP contribution in [-0.4, -0.2) is 37.2 Å². The fourth-order valence-corrected chi connectivity index (χ4v) is 3.66. The first kappa shape index (κ1) is 22.3. The zero-order valence-electron chi connectivity index (χ0n) is 18.6. The van der Waals surface area contributed by atoms with Crippen LogP contribution in [0.4, 0.5) is 4.39 Å². The maximum atomic E-state index is 14.2. The van der Waals surface area contributed by atoms with Crippen LogP contribution in [0.3, 0.4) is 0 Å². The molecular weight excluding hydrogens is 419 g/mol. The largest absolute Gasteiger partial charge is 0.352 e. The number of rotatable bonds is 8. The lowest BCUT2D eigenvalue weighted by atomic mass is 10.1. The van der Waals surface area contributed by atoms with Gasteiger partial charge in [-0.1, -0.05) is 26.0 Å². The molecule has 3 aromatic heterocycles. The number of amides is 1. The van der Waals surface area contributed by atoms with Crippen molar-refractivity contribution in [1.82, 2.24) is 30.0 Å². The molecule has 1 aromatic carbocycles.